The van der Waals surface area contributed by atoms with Crippen molar-refractivity contribution in [1.29, 1.82) is 0 Å². The summed E-state index contributed by atoms with van der Waals surface area (Å²) >= 11 is 0. The lowest BCUT2D eigenvalue weighted by atomic mass is 10.1. The van der Waals surface area contributed by atoms with Crippen molar-refractivity contribution in [1.82, 2.24) is 9.78 Å². The maximum atomic E-state index is 13.7. The van der Waals surface area contributed by atoms with Crippen LogP contribution in [-0.2, 0) is 6.54 Å². The Hall–Kier alpha value is -1.84. The first-order valence-electron chi connectivity index (χ1n) is 6.15. The zero-order valence-electron chi connectivity index (χ0n) is 10.7. The van der Waals surface area contributed by atoms with Crippen molar-refractivity contribution in [3.63, 3.8) is 0 Å². The van der Waals surface area contributed by atoms with Gasteiger partial charge in [0.2, 0.25) is 0 Å². The summed E-state index contributed by atoms with van der Waals surface area (Å²) in [4.78, 5) is 0. The van der Waals surface area contributed by atoms with E-state index < -0.39 is 0 Å². The fourth-order valence-corrected chi connectivity index (χ4v) is 1.80. The molecule has 3 nitrogen and oxygen atoms in total. The molecule has 0 unspecified atom stereocenters. The third-order valence-corrected chi connectivity index (χ3v) is 2.85. The molecular weight excluding hydrogens is 229 g/mol. The van der Waals surface area contributed by atoms with Crippen molar-refractivity contribution < 1.29 is 4.39 Å². The fourth-order valence-electron chi connectivity index (χ4n) is 1.80. The molecule has 0 amide bonds. The number of benzene rings is 1. The van der Waals surface area contributed by atoms with Gasteiger partial charge in [0.05, 0.1) is 5.69 Å². The minimum absolute atomic E-state index is 0.293. The lowest BCUT2D eigenvalue weighted by Crippen LogP contribution is -2.02. The number of nitrogens with zero attached hydrogens (tertiary/aromatic N) is 2. The maximum Gasteiger partial charge on any atom is 0.132 e. The highest BCUT2D eigenvalue weighted by atomic mass is 19.1. The van der Waals surface area contributed by atoms with E-state index in [0.29, 0.717) is 22.9 Å². The summed E-state index contributed by atoms with van der Waals surface area (Å²) in [5, 5.41) is 4.36. The predicted molar refractivity (Wildman–Crippen MR) is 71.5 cm³/mol. The number of hydrogen-bond acceptors (Lipinski definition) is 2. The van der Waals surface area contributed by atoms with Gasteiger partial charge in [-0.1, -0.05) is 26.0 Å². The first-order chi connectivity index (χ1) is 8.58. The van der Waals surface area contributed by atoms with Crippen molar-refractivity contribution in [2.24, 2.45) is 5.92 Å². The maximum absolute atomic E-state index is 13.7. The molecule has 0 spiro atoms. The van der Waals surface area contributed by atoms with E-state index in [1.807, 2.05) is 0 Å². The zero-order chi connectivity index (χ0) is 13.1. The van der Waals surface area contributed by atoms with Crippen LogP contribution in [0.4, 0.5) is 10.1 Å². The Balaban J connectivity index is 2.27. The fraction of sp³-hybridized carbons (Fsp3) is 0.357. The SMILES string of the molecule is CC(C)CCn1cc(N)c(-c2ccccc2F)n1. The van der Waals surface area contributed by atoms with Gasteiger partial charge in [-0.05, 0) is 24.5 Å². The molecule has 4 heteroatoms. The normalized spacial score (nSPS) is 11.1. The van der Waals surface area contributed by atoms with Gasteiger partial charge in [-0.25, -0.2) is 4.39 Å². The topological polar surface area (TPSA) is 43.8 Å². The lowest BCUT2D eigenvalue weighted by Gasteiger charge is -2.04. The molecule has 1 aromatic heterocycles. The number of anilines is 1. The summed E-state index contributed by atoms with van der Waals surface area (Å²) in [5.74, 6) is 0.311. The number of hydrogen-bond donors (Lipinski definition) is 1. The monoisotopic (exact) mass is 247 g/mol. The molecule has 1 heterocycles. The van der Waals surface area contributed by atoms with Gasteiger partial charge in [-0.2, -0.15) is 5.10 Å². The van der Waals surface area contributed by atoms with E-state index in [9.17, 15) is 4.39 Å². The summed E-state index contributed by atoms with van der Waals surface area (Å²) in [7, 11) is 0. The number of halogens is 1. The second-order valence-electron chi connectivity index (χ2n) is 4.86. The van der Waals surface area contributed by atoms with E-state index >= 15 is 0 Å². The highest BCUT2D eigenvalue weighted by Gasteiger charge is 2.12. The predicted octanol–water partition coefficient (Wildman–Crippen LogP) is 3.32. The standard InChI is InChI=1S/C14H18FN3/c1-10(2)7-8-18-9-13(16)14(17-18)11-5-3-4-6-12(11)15/h3-6,9-10H,7-8,16H2,1-2H3. The van der Waals surface area contributed by atoms with Crippen LogP contribution in [0.1, 0.15) is 20.3 Å². The third kappa shape index (κ3) is 2.70. The number of aromatic nitrogens is 2. The average molecular weight is 247 g/mol. The van der Waals surface area contributed by atoms with Crippen LogP contribution in [0.25, 0.3) is 11.3 Å². The Labute approximate surface area is 106 Å². The highest BCUT2D eigenvalue weighted by Crippen LogP contribution is 2.26. The molecule has 0 aliphatic rings. The molecule has 1 aromatic carbocycles. The van der Waals surface area contributed by atoms with Crippen LogP contribution >= 0.6 is 0 Å². The molecule has 0 aliphatic carbocycles. The van der Waals surface area contributed by atoms with Crippen LogP contribution in [0.15, 0.2) is 30.5 Å². The number of aryl methyl sites for hydroxylation is 1. The highest BCUT2D eigenvalue weighted by molar-refractivity contribution is 5.72. The molecule has 0 bridgehead atoms. The Bertz CT molecular complexity index is 532. The molecule has 2 aromatic rings. The van der Waals surface area contributed by atoms with Crippen LogP contribution in [-0.4, -0.2) is 9.78 Å². The molecule has 0 fully saturated rings. The van der Waals surface area contributed by atoms with Crippen molar-refractivity contribution >= 4 is 5.69 Å². The van der Waals surface area contributed by atoms with E-state index in [1.165, 1.54) is 6.07 Å². The molecule has 2 rings (SSSR count). The number of nitrogen functional groups attached to an aromatic ring is 1. The van der Waals surface area contributed by atoms with Crippen LogP contribution < -0.4 is 5.73 Å². The molecule has 96 valence electrons. The molecule has 0 atom stereocenters. The molecule has 0 radical (unpaired) electrons. The van der Waals surface area contributed by atoms with Gasteiger partial charge in [0, 0.05) is 18.3 Å². The van der Waals surface area contributed by atoms with Crippen LogP contribution in [0, 0.1) is 11.7 Å². The van der Waals surface area contributed by atoms with Gasteiger partial charge in [-0.15, -0.1) is 0 Å². The van der Waals surface area contributed by atoms with E-state index in [2.05, 4.69) is 18.9 Å². The van der Waals surface area contributed by atoms with Crippen LogP contribution in [0.2, 0.25) is 0 Å². The largest absolute Gasteiger partial charge is 0.396 e. The van der Waals surface area contributed by atoms with Crippen molar-refractivity contribution in [2.45, 2.75) is 26.8 Å². The second-order valence-corrected chi connectivity index (χ2v) is 4.86. The molecule has 0 aliphatic heterocycles. The molecule has 0 saturated heterocycles. The van der Waals surface area contributed by atoms with E-state index in [-0.39, 0.29) is 5.82 Å². The van der Waals surface area contributed by atoms with Crippen LogP contribution in [0.5, 0.6) is 0 Å². The van der Waals surface area contributed by atoms with Crippen molar-refractivity contribution in [3.8, 4) is 11.3 Å². The van der Waals surface area contributed by atoms with Gasteiger partial charge in [0.25, 0.3) is 0 Å². The molecule has 18 heavy (non-hydrogen) atoms. The average Bonchev–Trinajstić information content (AvgIpc) is 2.69. The first kappa shape index (κ1) is 12.6. The van der Waals surface area contributed by atoms with Gasteiger partial charge in [-0.3, -0.25) is 4.68 Å². The molecule has 2 N–H and O–H groups in total. The van der Waals surface area contributed by atoms with E-state index in [1.54, 1.807) is 29.1 Å². The minimum Gasteiger partial charge on any atom is -0.396 e. The van der Waals surface area contributed by atoms with E-state index in [0.717, 1.165) is 13.0 Å². The Morgan fingerprint density at radius 3 is 2.72 bits per heavy atom. The van der Waals surface area contributed by atoms with Gasteiger partial charge >= 0.3 is 0 Å². The van der Waals surface area contributed by atoms with Crippen LogP contribution in [0.3, 0.4) is 0 Å². The molecule has 0 saturated carbocycles. The van der Waals surface area contributed by atoms with Gasteiger partial charge < -0.3 is 5.73 Å². The zero-order valence-corrected chi connectivity index (χ0v) is 10.7. The first-order valence-corrected chi connectivity index (χ1v) is 6.15. The number of rotatable bonds is 4. The minimum atomic E-state index is -0.293. The summed E-state index contributed by atoms with van der Waals surface area (Å²) < 4.78 is 15.5. The Morgan fingerprint density at radius 2 is 2.06 bits per heavy atom. The van der Waals surface area contributed by atoms with E-state index in [4.69, 9.17) is 5.73 Å². The Kier molecular flexibility index (Phi) is 3.65. The summed E-state index contributed by atoms with van der Waals surface area (Å²) in [5.41, 5.74) is 7.40. The van der Waals surface area contributed by atoms with Gasteiger partial charge in [0.1, 0.15) is 11.5 Å². The lowest BCUT2D eigenvalue weighted by molar-refractivity contribution is 0.488. The summed E-state index contributed by atoms with van der Waals surface area (Å²) in [6.45, 7) is 5.12. The summed E-state index contributed by atoms with van der Waals surface area (Å²) in [6, 6.07) is 6.55. The molecular formula is C14H18FN3. The third-order valence-electron chi connectivity index (χ3n) is 2.85. The van der Waals surface area contributed by atoms with Crippen molar-refractivity contribution in [2.75, 3.05) is 5.73 Å². The quantitative estimate of drug-likeness (QED) is 0.900. The Morgan fingerprint density at radius 1 is 1.33 bits per heavy atom. The smallest absolute Gasteiger partial charge is 0.132 e. The van der Waals surface area contributed by atoms with Gasteiger partial charge in [0.15, 0.2) is 0 Å². The van der Waals surface area contributed by atoms with Crippen molar-refractivity contribution in [3.05, 3.63) is 36.3 Å². The summed E-state index contributed by atoms with van der Waals surface area (Å²) in [6.07, 6.45) is 2.79. The number of nitrogens with two attached hydrogens (primary N) is 1. The second kappa shape index (κ2) is 5.21.